The third-order valence-corrected chi connectivity index (χ3v) is 5.10. The molecule has 0 aliphatic rings. The zero-order chi connectivity index (χ0) is 19.9. The Morgan fingerprint density at radius 1 is 0.519 bits per heavy atom. The fourth-order valence-electron chi connectivity index (χ4n) is 3.57. The van der Waals surface area contributed by atoms with E-state index in [4.69, 9.17) is 7.85 Å². The lowest BCUT2D eigenvalue weighted by Crippen LogP contribution is -2.09. The molecule has 0 saturated carbocycles. The van der Waals surface area contributed by atoms with Gasteiger partial charge >= 0.3 is 0 Å². The molecular weight excluding hydrogens is 353 g/mol. The van der Waals surface area contributed by atoms with Gasteiger partial charge in [0.1, 0.15) is 19.3 Å². The minimum Gasteiger partial charge on any atom is -0.507 e. The van der Waals surface area contributed by atoms with E-state index in [2.05, 4.69) is 4.98 Å². The van der Waals surface area contributed by atoms with Gasteiger partial charge in [-0.05, 0) is 24.9 Å². The summed E-state index contributed by atoms with van der Waals surface area (Å²) in [5.41, 5.74) is -0.256. The molecule has 0 aliphatic carbocycles. The number of aromatic nitrogens is 1. The SMILES string of the molecule is [B]c1c(O)c(O)c2c(O)c3[nH]c4c(O)c(O)c(C)c(O)c4c3c(O)c2c1C. The molecule has 136 valence electrons. The second-order valence-corrected chi connectivity index (χ2v) is 6.48. The summed E-state index contributed by atoms with van der Waals surface area (Å²) in [6.07, 6.45) is 0. The Labute approximate surface area is 152 Å². The van der Waals surface area contributed by atoms with Crippen LogP contribution in [-0.2, 0) is 0 Å². The Morgan fingerprint density at radius 3 is 1.70 bits per heavy atom. The van der Waals surface area contributed by atoms with E-state index in [0.717, 1.165) is 0 Å². The molecule has 2 radical (unpaired) electrons. The van der Waals surface area contributed by atoms with Gasteiger partial charge < -0.3 is 40.7 Å². The standard InChI is InChI=1S/C18H14BNO7/c1-3-5-8(16(25)17(26)9(3)19)15(24)10-7(14(5)23)6-11(20-10)18(27)13(22)4(2)12(6)21/h20-27H,1-2H3. The number of fused-ring (bicyclic) bond motifs is 4. The van der Waals surface area contributed by atoms with Crippen LogP contribution in [0.15, 0.2) is 0 Å². The van der Waals surface area contributed by atoms with E-state index in [1.807, 2.05) is 0 Å². The molecule has 0 aliphatic heterocycles. The normalized spacial score (nSPS) is 11.8. The highest BCUT2D eigenvalue weighted by atomic mass is 16.3. The van der Waals surface area contributed by atoms with Crippen molar-refractivity contribution < 1.29 is 35.7 Å². The van der Waals surface area contributed by atoms with E-state index >= 15 is 0 Å². The molecule has 4 rings (SSSR count). The summed E-state index contributed by atoms with van der Waals surface area (Å²) >= 11 is 0. The number of phenolic OH excluding ortho intramolecular Hbond substituents is 7. The topological polar surface area (TPSA) is 157 Å². The number of nitrogens with one attached hydrogen (secondary N) is 1. The molecule has 8 nitrogen and oxygen atoms in total. The molecule has 1 heterocycles. The second-order valence-electron chi connectivity index (χ2n) is 6.48. The van der Waals surface area contributed by atoms with Crippen molar-refractivity contribution in [1.82, 2.24) is 4.98 Å². The van der Waals surface area contributed by atoms with Crippen LogP contribution < -0.4 is 5.46 Å². The van der Waals surface area contributed by atoms with Gasteiger partial charge in [-0.15, -0.1) is 0 Å². The summed E-state index contributed by atoms with van der Waals surface area (Å²) in [6, 6.07) is 0. The van der Waals surface area contributed by atoms with E-state index in [1.165, 1.54) is 13.8 Å². The average molecular weight is 367 g/mol. The van der Waals surface area contributed by atoms with Crippen LogP contribution in [0.5, 0.6) is 40.2 Å². The van der Waals surface area contributed by atoms with E-state index in [-0.39, 0.29) is 49.2 Å². The van der Waals surface area contributed by atoms with Crippen molar-refractivity contribution in [1.29, 1.82) is 0 Å². The van der Waals surface area contributed by atoms with E-state index in [9.17, 15) is 35.7 Å². The third kappa shape index (κ3) is 1.78. The van der Waals surface area contributed by atoms with Crippen LogP contribution in [0.2, 0.25) is 0 Å². The van der Waals surface area contributed by atoms with Gasteiger partial charge in [0.05, 0.1) is 27.2 Å². The van der Waals surface area contributed by atoms with Crippen molar-refractivity contribution in [2.45, 2.75) is 13.8 Å². The van der Waals surface area contributed by atoms with Crippen LogP contribution in [0.3, 0.4) is 0 Å². The van der Waals surface area contributed by atoms with Gasteiger partial charge in [-0.3, -0.25) is 0 Å². The first-order chi connectivity index (χ1) is 12.6. The van der Waals surface area contributed by atoms with Crippen LogP contribution in [0, 0.1) is 13.8 Å². The molecule has 0 amide bonds. The first-order valence-electron chi connectivity index (χ1n) is 7.85. The quantitative estimate of drug-likeness (QED) is 0.134. The van der Waals surface area contributed by atoms with E-state index in [0.29, 0.717) is 0 Å². The first kappa shape index (κ1) is 16.8. The van der Waals surface area contributed by atoms with Crippen molar-refractivity contribution in [3.05, 3.63) is 11.1 Å². The summed E-state index contributed by atoms with van der Waals surface area (Å²) in [6.45, 7) is 2.85. The number of H-pyrrole nitrogens is 1. The van der Waals surface area contributed by atoms with Gasteiger partial charge in [0.15, 0.2) is 28.7 Å². The lowest BCUT2D eigenvalue weighted by atomic mass is 9.85. The van der Waals surface area contributed by atoms with Crippen molar-refractivity contribution in [2.75, 3.05) is 0 Å². The average Bonchev–Trinajstić information content (AvgIpc) is 3.05. The van der Waals surface area contributed by atoms with Gasteiger partial charge in [0, 0.05) is 10.9 Å². The van der Waals surface area contributed by atoms with Gasteiger partial charge in [-0.2, -0.15) is 0 Å². The fourth-order valence-corrected chi connectivity index (χ4v) is 3.57. The van der Waals surface area contributed by atoms with Gasteiger partial charge in [-0.25, -0.2) is 0 Å². The number of hydrogen-bond donors (Lipinski definition) is 8. The molecule has 1 aromatic heterocycles. The summed E-state index contributed by atoms with van der Waals surface area (Å²) in [4.78, 5) is 2.63. The molecule has 0 fully saturated rings. The maximum atomic E-state index is 10.9. The fraction of sp³-hybridized carbons (Fsp3) is 0.111. The molecule has 0 saturated heterocycles. The molecule has 4 aromatic rings. The minimum atomic E-state index is -0.728. The third-order valence-electron chi connectivity index (χ3n) is 5.10. The number of hydrogen-bond acceptors (Lipinski definition) is 7. The number of aromatic amines is 1. The maximum absolute atomic E-state index is 10.9. The molecule has 3 aromatic carbocycles. The molecule has 8 N–H and O–H groups in total. The highest BCUT2D eigenvalue weighted by Gasteiger charge is 2.28. The summed E-state index contributed by atoms with van der Waals surface area (Å²) in [5.74, 6) is -3.91. The Morgan fingerprint density at radius 2 is 1.07 bits per heavy atom. The molecule has 0 spiro atoms. The lowest BCUT2D eigenvalue weighted by molar-refractivity contribution is 0.397. The number of aromatic hydroxyl groups is 7. The Balaban J connectivity index is 2.44. The van der Waals surface area contributed by atoms with Crippen LogP contribution in [0.25, 0.3) is 32.6 Å². The molecule has 0 bridgehead atoms. The smallest absolute Gasteiger partial charge is 0.182 e. The predicted molar refractivity (Wildman–Crippen MR) is 99.8 cm³/mol. The summed E-state index contributed by atoms with van der Waals surface area (Å²) in [5, 5.41) is 72.1. The van der Waals surface area contributed by atoms with Crippen molar-refractivity contribution in [3.63, 3.8) is 0 Å². The van der Waals surface area contributed by atoms with Crippen LogP contribution in [0.4, 0.5) is 0 Å². The number of rotatable bonds is 0. The van der Waals surface area contributed by atoms with Gasteiger partial charge in [0.2, 0.25) is 0 Å². The summed E-state index contributed by atoms with van der Waals surface area (Å²) < 4.78 is 0. The summed E-state index contributed by atoms with van der Waals surface area (Å²) in [7, 11) is 5.76. The monoisotopic (exact) mass is 367 g/mol. The molecule has 27 heavy (non-hydrogen) atoms. The Bertz CT molecular complexity index is 1320. The number of benzene rings is 3. The van der Waals surface area contributed by atoms with Gasteiger partial charge in [0.25, 0.3) is 0 Å². The van der Waals surface area contributed by atoms with Crippen LogP contribution in [0.1, 0.15) is 11.1 Å². The minimum absolute atomic E-state index is 0.0234. The molecule has 9 heteroatoms. The van der Waals surface area contributed by atoms with Gasteiger partial charge in [-0.1, -0.05) is 0 Å². The number of aryl methyl sites for hydroxylation is 1. The maximum Gasteiger partial charge on any atom is 0.182 e. The zero-order valence-electron chi connectivity index (χ0n) is 14.2. The van der Waals surface area contributed by atoms with Crippen molar-refractivity contribution in [2.24, 2.45) is 0 Å². The predicted octanol–water partition coefficient (Wildman–Crippen LogP) is 1.82. The second kappa shape index (κ2) is 4.97. The van der Waals surface area contributed by atoms with E-state index < -0.39 is 40.2 Å². The molecule has 0 unspecified atom stereocenters. The van der Waals surface area contributed by atoms with E-state index in [1.54, 1.807) is 0 Å². The Kier molecular flexibility index (Phi) is 3.10. The van der Waals surface area contributed by atoms with Crippen molar-refractivity contribution in [3.8, 4) is 40.2 Å². The zero-order valence-corrected chi connectivity index (χ0v) is 14.2. The lowest BCUT2D eigenvalue weighted by Gasteiger charge is -2.15. The van der Waals surface area contributed by atoms with Crippen LogP contribution in [-0.4, -0.2) is 48.6 Å². The first-order valence-corrected chi connectivity index (χ1v) is 7.85. The highest BCUT2D eigenvalue weighted by Crippen LogP contribution is 2.54. The Hall–Kier alpha value is -3.62. The molecular formula is C18H14BNO7. The number of phenols is 7. The largest absolute Gasteiger partial charge is 0.507 e. The molecule has 0 atom stereocenters. The van der Waals surface area contributed by atoms with Crippen LogP contribution >= 0.6 is 0 Å². The van der Waals surface area contributed by atoms with Crippen molar-refractivity contribution >= 4 is 45.9 Å². The highest BCUT2D eigenvalue weighted by molar-refractivity contribution is 6.38.